The minimum atomic E-state index is -4.09. The summed E-state index contributed by atoms with van der Waals surface area (Å²) in [6.45, 7) is 4.99. The second kappa shape index (κ2) is 8.16. The van der Waals surface area contributed by atoms with Gasteiger partial charge in [-0.2, -0.15) is 0 Å². The third kappa shape index (κ3) is 3.75. The van der Waals surface area contributed by atoms with Crippen LogP contribution in [0.4, 0.5) is 17.1 Å². The Morgan fingerprint density at radius 3 is 2.38 bits per heavy atom. The Balaban J connectivity index is 2.84. The lowest BCUT2D eigenvalue weighted by Crippen LogP contribution is -2.24. The molecule has 0 atom stereocenters. The van der Waals surface area contributed by atoms with Gasteiger partial charge in [0.1, 0.15) is 4.90 Å². The van der Waals surface area contributed by atoms with Crippen molar-refractivity contribution in [1.82, 2.24) is 0 Å². The number of carbonyl (C=O) groups excluding carboxylic acids is 1. The molecule has 0 aliphatic heterocycles. The predicted molar refractivity (Wildman–Crippen MR) is 106 cm³/mol. The molecule has 0 saturated heterocycles. The van der Waals surface area contributed by atoms with Crippen molar-refractivity contribution >= 4 is 56.5 Å². The summed E-state index contributed by atoms with van der Waals surface area (Å²) >= 11 is 12.2. The Morgan fingerprint density at radius 2 is 1.81 bits per heavy atom. The van der Waals surface area contributed by atoms with Crippen LogP contribution in [-0.4, -0.2) is 27.9 Å². The van der Waals surface area contributed by atoms with E-state index in [4.69, 9.17) is 28.9 Å². The molecule has 0 bridgehead atoms. The molecule has 0 radical (unpaired) electrons. The van der Waals surface area contributed by atoms with E-state index in [9.17, 15) is 13.2 Å². The van der Waals surface area contributed by atoms with Gasteiger partial charge in [-0.3, -0.25) is 4.79 Å². The Labute approximate surface area is 162 Å². The van der Waals surface area contributed by atoms with Crippen molar-refractivity contribution in [2.45, 2.75) is 23.6 Å². The third-order valence-electron chi connectivity index (χ3n) is 3.92. The fraction of sp³-hybridized carbons (Fsp3) is 0.235. The van der Waals surface area contributed by atoms with Crippen LogP contribution < -0.4 is 16.0 Å². The van der Waals surface area contributed by atoms with Gasteiger partial charge in [0.25, 0.3) is 0 Å². The van der Waals surface area contributed by atoms with Crippen LogP contribution in [0.25, 0.3) is 0 Å². The van der Waals surface area contributed by atoms with E-state index in [0.717, 1.165) is 0 Å². The fourth-order valence-electron chi connectivity index (χ4n) is 2.66. The van der Waals surface area contributed by atoms with Crippen LogP contribution in [0.5, 0.6) is 0 Å². The first kappa shape index (κ1) is 20.4. The zero-order valence-electron chi connectivity index (χ0n) is 14.3. The molecule has 0 unspecified atom stereocenters. The molecule has 140 valence electrons. The quantitative estimate of drug-likeness (QED) is 0.529. The van der Waals surface area contributed by atoms with E-state index in [1.807, 2.05) is 18.7 Å². The second-order valence-corrected chi connectivity index (χ2v) is 8.07. The Hall–Kier alpha value is -1.96. The van der Waals surface area contributed by atoms with Gasteiger partial charge in [0.2, 0.25) is 16.2 Å². The first-order chi connectivity index (χ1) is 12.3. The number of nitrogens with two attached hydrogens (primary N) is 1. The number of sulfone groups is 1. The van der Waals surface area contributed by atoms with Crippen LogP contribution in [0.15, 0.2) is 40.1 Å². The van der Waals surface area contributed by atoms with Crippen molar-refractivity contribution in [3.8, 4) is 0 Å². The van der Waals surface area contributed by atoms with E-state index in [1.54, 1.807) is 12.1 Å². The lowest BCUT2D eigenvalue weighted by molar-refractivity contribution is -0.105. The van der Waals surface area contributed by atoms with E-state index in [0.29, 0.717) is 25.2 Å². The molecule has 2 rings (SSSR count). The minimum Gasteiger partial charge on any atom is -0.397 e. The van der Waals surface area contributed by atoms with Crippen LogP contribution in [0.3, 0.4) is 0 Å². The van der Waals surface area contributed by atoms with E-state index in [2.05, 4.69) is 5.32 Å². The number of anilines is 3. The summed E-state index contributed by atoms with van der Waals surface area (Å²) in [7, 11) is -4.09. The molecule has 0 aliphatic rings. The number of rotatable bonds is 7. The SMILES string of the molecule is CCN(CC)c1cccc(NC=O)c1S(=O)(=O)c1cc(Cl)c(N)cc1Cl. The summed E-state index contributed by atoms with van der Waals surface area (Å²) in [5, 5.41) is 2.49. The number of halogens is 2. The van der Waals surface area contributed by atoms with Crippen LogP contribution in [0.2, 0.25) is 10.0 Å². The summed E-state index contributed by atoms with van der Waals surface area (Å²) in [4.78, 5) is 12.6. The normalized spacial score (nSPS) is 11.2. The topological polar surface area (TPSA) is 92.5 Å². The van der Waals surface area contributed by atoms with Crippen LogP contribution in [0.1, 0.15) is 13.8 Å². The van der Waals surface area contributed by atoms with Gasteiger partial charge in [-0.05, 0) is 38.1 Å². The molecule has 1 amide bonds. The first-order valence-electron chi connectivity index (χ1n) is 7.85. The summed E-state index contributed by atoms with van der Waals surface area (Å²) in [5.41, 5.74) is 6.50. The van der Waals surface area contributed by atoms with Crippen LogP contribution in [-0.2, 0) is 14.6 Å². The van der Waals surface area contributed by atoms with E-state index < -0.39 is 9.84 Å². The summed E-state index contributed by atoms with van der Waals surface area (Å²) < 4.78 is 26.8. The maximum Gasteiger partial charge on any atom is 0.212 e. The molecular weight excluding hydrogens is 397 g/mol. The van der Waals surface area contributed by atoms with Crippen molar-refractivity contribution in [2.75, 3.05) is 29.0 Å². The minimum absolute atomic E-state index is 0.0430. The molecule has 0 spiro atoms. The molecule has 6 nitrogen and oxygen atoms in total. The highest BCUT2D eigenvalue weighted by atomic mass is 35.5. The highest BCUT2D eigenvalue weighted by molar-refractivity contribution is 7.92. The van der Waals surface area contributed by atoms with Gasteiger partial charge in [0.05, 0.1) is 32.0 Å². The van der Waals surface area contributed by atoms with Gasteiger partial charge >= 0.3 is 0 Å². The lowest BCUT2D eigenvalue weighted by atomic mass is 10.2. The fourth-order valence-corrected chi connectivity index (χ4v) is 5.06. The number of nitrogen functional groups attached to an aromatic ring is 1. The highest BCUT2D eigenvalue weighted by Crippen LogP contribution is 2.40. The Bertz CT molecular complexity index is 929. The Kier molecular flexibility index (Phi) is 6.39. The lowest BCUT2D eigenvalue weighted by Gasteiger charge is -2.25. The molecule has 26 heavy (non-hydrogen) atoms. The Morgan fingerprint density at radius 1 is 1.15 bits per heavy atom. The molecule has 2 aromatic carbocycles. The van der Waals surface area contributed by atoms with Crippen molar-refractivity contribution < 1.29 is 13.2 Å². The monoisotopic (exact) mass is 415 g/mol. The molecule has 0 saturated carbocycles. The van der Waals surface area contributed by atoms with Crippen molar-refractivity contribution in [1.29, 1.82) is 0 Å². The summed E-state index contributed by atoms with van der Waals surface area (Å²) in [5.74, 6) is 0. The number of hydrogen-bond donors (Lipinski definition) is 2. The van der Waals surface area contributed by atoms with E-state index in [1.165, 1.54) is 18.2 Å². The number of carbonyl (C=O) groups is 1. The van der Waals surface area contributed by atoms with Gasteiger partial charge in [0.15, 0.2) is 0 Å². The van der Waals surface area contributed by atoms with Gasteiger partial charge < -0.3 is 16.0 Å². The molecule has 0 fully saturated rings. The smallest absolute Gasteiger partial charge is 0.212 e. The average Bonchev–Trinajstić information content (AvgIpc) is 2.59. The standard InChI is InChI=1S/C17H19Cl2N3O3S/c1-3-22(4-2)15-7-5-6-14(21-10-23)17(15)26(24,25)16-9-11(18)13(20)8-12(16)19/h5-10H,3-4,20H2,1-2H3,(H,21,23). The molecule has 2 aromatic rings. The second-order valence-electron chi connectivity index (χ2n) is 5.40. The predicted octanol–water partition coefficient (Wildman–Crippen LogP) is 3.82. The third-order valence-corrected chi connectivity index (χ3v) is 6.56. The van der Waals surface area contributed by atoms with Crippen molar-refractivity contribution in [3.05, 3.63) is 40.4 Å². The van der Waals surface area contributed by atoms with Gasteiger partial charge in [-0.1, -0.05) is 29.3 Å². The van der Waals surface area contributed by atoms with Gasteiger partial charge in [-0.15, -0.1) is 0 Å². The van der Waals surface area contributed by atoms with Gasteiger partial charge in [-0.25, -0.2) is 8.42 Å². The van der Waals surface area contributed by atoms with E-state index in [-0.39, 0.29) is 31.2 Å². The van der Waals surface area contributed by atoms with Gasteiger partial charge in [0, 0.05) is 13.1 Å². The van der Waals surface area contributed by atoms with Crippen molar-refractivity contribution in [3.63, 3.8) is 0 Å². The molecule has 3 N–H and O–H groups in total. The number of amides is 1. The molecular formula is C17H19Cl2N3O3S. The zero-order valence-corrected chi connectivity index (χ0v) is 16.6. The maximum atomic E-state index is 13.4. The number of benzene rings is 2. The van der Waals surface area contributed by atoms with Crippen LogP contribution in [0, 0.1) is 0 Å². The molecule has 0 heterocycles. The number of nitrogens with one attached hydrogen (secondary N) is 1. The summed E-state index contributed by atoms with van der Waals surface area (Å²) in [6.07, 6.45) is 0.429. The highest BCUT2D eigenvalue weighted by Gasteiger charge is 2.29. The maximum absolute atomic E-state index is 13.4. The number of nitrogens with zero attached hydrogens (tertiary/aromatic N) is 1. The van der Waals surface area contributed by atoms with Crippen LogP contribution >= 0.6 is 23.2 Å². The molecule has 0 aliphatic carbocycles. The number of hydrogen-bond acceptors (Lipinski definition) is 5. The van der Waals surface area contributed by atoms with E-state index >= 15 is 0 Å². The zero-order chi connectivity index (χ0) is 19.5. The summed E-state index contributed by atoms with van der Waals surface area (Å²) in [6, 6.07) is 7.39. The molecule has 9 heteroatoms. The molecule has 0 aromatic heterocycles. The van der Waals surface area contributed by atoms with Crippen molar-refractivity contribution in [2.24, 2.45) is 0 Å². The average molecular weight is 416 g/mol. The largest absolute Gasteiger partial charge is 0.397 e. The first-order valence-corrected chi connectivity index (χ1v) is 10.1.